The van der Waals surface area contributed by atoms with Crippen LogP contribution < -0.4 is 20.1 Å². The van der Waals surface area contributed by atoms with Crippen LogP contribution in [0.4, 0.5) is 17.1 Å². The molecule has 0 aromatic heterocycles. The van der Waals surface area contributed by atoms with Gasteiger partial charge in [0, 0.05) is 24.0 Å². The first kappa shape index (κ1) is 20.5. The number of benzene rings is 2. The van der Waals surface area contributed by atoms with Crippen LogP contribution in [0.2, 0.25) is 5.02 Å². The largest absolute Gasteiger partial charge is 0.497 e. The lowest BCUT2D eigenvalue weighted by Gasteiger charge is -2.10. The van der Waals surface area contributed by atoms with Gasteiger partial charge in [-0.05, 0) is 24.3 Å². The molecule has 0 heterocycles. The minimum absolute atomic E-state index is 0.0627. The van der Waals surface area contributed by atoms with Crippen molar-refractivity contribution < 1.29 is 19.2 Å². The van der Waals surface area contributed by atoms with Gasteiger partial charge in [0.15, 0.2) is 0 Å². The molecule has 144 valence electrons. The Kier molecular flexibility index (Phi) is 6.79. The molecule has 0 radical (unpaired) electrons. The number of halogens is 1. The van der Waals surface area contributed by atoms with E-state index in [4.69, 9.17) is 21.1 Å². The number of nitriles is 1. The van der Waals surface area contributed by atoms with Crippen molar-refractivity contribution in [3.63, 3.8) is 0 Å². The van der Waals surface area contributed by atoms with Gasteiger partial charge in [-0.3, -0.25) is 14.9 Å². The number of ether oxygens (including phenoxy) is 2. The molecular weight excluding hydrogens is 388 g/mol. The molecular formula is C18H15ClN4O5. The summed E-state index contributed by atoms with van der Waals surface area (Å²) in [5, 5.41) is 25.3. The fourth-order valence-electron chi connectivity index (χ4n) is 2.15. The van der Waals surface area contributed by atoms with E-state index < -0.39 is 10.8 Å². The van der Waals surface area contributed by atoms with Crippen LogP contribution in [0.1, 0.15) is 0 Å². The highest BCUT2D eigenvalue weighted by Crippen LogP contribution is 2.29. The third kappa shape index (κ3) is 4.90. The van der Waals surface area contributed by atoms with Crippen LogP contribution in [0, 0.1) is 21.4 Å². The number of rotatable bonds is 7. The minimum Gasteiger partial charge on any atom is -0.497 e. The summed E-state index contributed by atoms with van der Waals surface area (Å²) in [5.74, 6) is 0.273. The van der Waals surface area contributed by atoms with Crippen LogP contribution in [-0.2, 0) is 4.79 Å². The minimum atomic E-state index is -0.751. The summed E-state index contributed by atoms with van der Waals surface area (Å²) < 4.78 is 10.3. The maximum absolute atomic E-state index is 12.3. The van der Waals surface area contributed by atoms with Gasteiger partial charge in [0.2, 0.25) is 0 Å². The van der Waals surface area contributed by atoms with E-state index in [0.717, 1.165) is 6.07 Å². The SMILES string of the molecule is COc1ccc(N/C=C(/C#N)C(=O)Nc2ccc(Cl)c([N+](=O)[O-])c2)c(OC)c1. The first-order chi connectivity index (χ1) is 13.4. The van der Waals surface area contributed by atoms with Gasteiger partial charge < -0.3 is 20.1 Å². The zero-order valence-corrected chi connectivity index (χ0v) is 15.6. The first-order valence-corrected chi connectivity index (χ1v) is 8.11. The molecule has 0 aliphatic heterocycles. The highest BCUT2D eigenvalue weighted by molar-refractivity contribution is 6.32. The summed E-state index contributed by atoms with van der Waals surface area (Å²) in [5.41, 5.74) is 0.0220. The third-order valence-electron chi connectivity index (χ3n) is 3.55. The number of carbonyl (C=O) groups is 1. The molecule has 1 amide bonds. The van der Waals surface area contributed by atoms with Crippen LogP contribution in [0.3, 0.4) is 0 Å². The van der Waals surface area contributed by atoms with Crippen LogP contribution in [0.5, 0.6) is 11.5 Å². The summed E-state index contributed by atoms with van der Waals surface area (Å²) in [6, 6.07) is 10.5. The van der Waals surface area contributed by atoms with Gasteiger partial charge in [0.25, 0.3) is 11.6 Å². The van der Waals surface area contributed by atoms with Gasteiger partial charge >= 0.3 is 0 Å². The van der Waals surface area contributed by atoms with E-state index in [-0.39, 0.29) is 22.0 Å². The van der Waals surface area contributed by atoms with Crippen molar-refractivity contribution in [1.82, 2.24) is 0 Å². The van der Waals surface area contributed by atoms with E-state index in [1.54, 1.807) is 24.3 Å². The topological polar surface area (TPSA) is 127 Å². The lowest BCUT2D eigenvalue weighted by Crippen LogP contribution is -2.14. The number of hydrogen-bond donors (Lipinski definition) is 2. The van der Waals surface area contributed by atoms with Crippen molar-refractivity contribution in [2.24, 2.45) is 0 Å². The lowest BCUT2D eigenvalue weighted by atomic mass is 10.2. The monoisotopic (exact) mass is 402 g/mol. The number of anilines is 2. The molecule has 0 unspecified atom stereocenters. The molecule has 0 fully saturated rings. The van der Waals surface area contributed by atoms with E-state index in [1.807, 2.05) is 0 Å². The Bertz CT molecular complexity index is 984. The normalized spacial score (nSPS) is 10.6. The molecule has 2 rings (SSSR count). The van der Waals surface area contributed by atoms with Crippen molar-refractivity contribution in [1.29, 1.82) is 5.26 Å². The maximum atomic E-state index is 12.3. The molecule has 0 saturated heterocycles. The molecule has 2 aromatic rings. The number of nitrogens with one attached hydrogen (secondary N) is 2. The Morgan fingerprint density at radius 1 is 1.25 bits per heavy atom. The zero-order valence-electron chi connectivity index (χ0n) is 14.9. The molecule has 28 heavy (non-hydrogen) atoms. The summed E-state index contributed by atoms with van der Waals surface area (Å²) in [4.78, 5) is 22.5. The fourth-order valence-corrected chi connectivity index (χ4v) is 2.33. The average molecular weight is 403 g/mol. The number of methoxy groups -OCH3 is 2. The number of nitro groups is 1. The third-order valence-corrected chi connectivity index (χ3v) is 3.87. The van der Waals surface area contributed by atoms with Gasteiger partial charge in [-0.15, -0.1) is 0 Å². The van der Waals surface area contributed by atoms with Crippen LogP contribution >= 0.6 is 11.6 Å². The van der Waals surface area contributed by atoms with Gasteiger partial charge in [0.05, 0.1) is 24.8 Å². The summed E-state index contributed by atoms with van der Waals surface area (Å²) in [6.07, 6.45) is 1.20. The van der Waals surface area contributed by atoms with Crippen molar-refractivity contribution in [2.45, 2.75) is 0 Å². The van der Waals surface area contributed by atoms with Crippen molar-refractivity contribution in [2.75, 3.05) is 24.9 Å². The average Bonchev–Trinajstić information content (AvgIpc) is 2.69. The first-order valence-electron chi connectivity index (χ1n) is 7.73. The predicted molar refractivity (Wildman–Crippen MR) is 104 cm³/mol. The molecule has 0 bridgehead atoms. The number of nitrogens with zero attached hydrogens (tertiary/aromatic N) is 2. The molecule has 9 nitrogen and oxygen atoms in total. The fraction of sp³-hybridized carbons (Fsp3) is 0.111. The second kappa shape index (κ2) is 9.25. The maximum Gasteiger partial charge on any atom is 0.289 e. The highest BCUT2D eigenvalue weighted by Gasteiger charge is 2.16. The van der Waals surface area contributed by atoms with Gasteiger partial charge in [0.1, 0.15) is 28.2 Å². The molecule has 0 aliphatic rings. The number of carbonyl (C=O) groups excluding carboxylic acids is 1. The van der Waals surface area contributed by atoms with Gasteiger partial charge in [-0.25, -0.2) is 0 Å². The van der Waals surface area contributed by atoms with Crippen LogP contribution in [0.15, 0.2) is 48.2 Å². The van der Waals surface area contributed by atoms with Crippen molar-refractivity contribution in [3.8, 4) is 17.6 Å². The van der Waals surface area contributed by atoms with E-state index in [9.17, 15) is 20.2 Å². The van der Waals surface area contributed by atoms with Crippen molar-refractivity contribution >= 4 is 34.6 Å². The second-order valence-electron chi connectivity index (χ2n) is 5.26. The molecule has 0 aliphatic carbocycles. The summed E-state index contributed by atoms with van der Waals surface area (Å²) in [6.45, 7) is 0. The number of nitro benzene ring substituents is 1. The number of hydrogen-bond acceptors (Lipinski definition) is 7. The summed E-state index contributed by atoms with van der Waals surface area (Å²) in [7, 11) is 2.98. The molecule has 0 spiro atoms. The standard InChI is InChI=1S/C18H15ClN4O5/c1-27-13-4-6-15(17(8-13)28-2)21-10-11(9-20)18(24)22-12-3-5-14(19)16(7-12)23(25)26/h3-8,10,21H,1-2H3,(H,22,24)/b11-10-. The van der Waals surface area contributed by atoms with E-state index in [0.29, 0.717) is 17.2 Å². The second-order valence-corrected chi connectivity index (χ2v) is 5.66. The smallest absolute Gasteiger partial charge is 0.289 e. The summed E-state index contributed by atoms with van der Waals surface area (Å²) >= 11 is 5.74. The van der Waals surface area contributed by atoms with Gasteiger partial charge in [-0.2, -0.15) is 5.26 Å². The Morgan fingerprint density at radius 2 is 2.00 bits per heavy atom. The molecule has 2 N–H and O–H groups in total. The van der Waals surface area contributed by atoms with E-state index >= 15 is 0 Å². The number of amides is 1. The van der Waals surface area contributed by atoms with E-state index in [1.165, 1.54) is 32.6 Å². The predicted octanol–water partition coefficient (Wildman–Crippen LogP) is 3.72. The Hall–Kier alpha value is -3.77. The molecule has 0 atom stereocenters. The van der Waals surface area contributed by atoms with Crippen molar-refractivity contribution in [3.05, 3.63) is 63.3 Å². The van der Waals surface area contributed by atoms with Gasteiger partial charge in [-0.1, -0.05) is 11.6 Å². The quantitative estimate of drug-likeness (QED) is 0.312. The Balaban J connectivity index is 2.19. The van der Waals surface area contributed by atoms with E-state index in [2.05, 4.69) is 10.6 Å². The zero-order chi connectivity index (χ0) is 20.7. The molecule has 0 saturated carbocycles. The lowest BCUT2D eigenvalue weighted by molar-refractivity contribution is -0.384. The molecule has 2 aromatic carbocycles. The Labute approximate surface area is 165 Å². The molecule has 10 heteroatoms. The highest BCUT2D eigenvalue weighted by atomic mass is 35.5. The Morgan fingerprint density at radius 3 is 2.61 bits per heavy atom. The van der Waals surface area contributed by atoms with Crippen LogP contribution in [-0.4, -0.2) is 25.1 Å². The van der Waals surface area contributed by atoms with Crippen LogP contribution in [0.25, 0.3) is 0 Å².